The second-order valence-electron chi connectivity index (χ2n) is 3.22. The van der Waals surface area contributed by atoms with Gasteiger partial charge >= 0.3 is 6.09 Å². The highest BCUT2D eigenvalue weighted by Crippen LogP contribution is 2.10. The molecule has 5 nitrogen and oxygen atoms in total. The van der Waals surface area contributed by atoms with Gasteiger partial charge in [-0.1, -0.05) is 6.08 Å². The molecule has 0 aromatic rings. The molecule has 94 valence electrons. The molecule has 1 unspecified atom stereocenters. The van der Waals surface area contributed by atoms with E-state index in [1.54, 1.807) is 13.0 Å². The molecule has 0 N–H and O–H groups in total. The van der Waals surface area contributed by atoms with E-state index in [-0.39, 0.29) is 6.04 Å². The molecule has 0 aliphatic rings. The number of carbonyl (C=O) groups excluding carboxylic acids is 1. The minimum Gasteiger partial charge on any atom is -0.450 e. The van der Waals surface area contributed by atoms with Gasteiger partial charge in [0.1, 0.15) is 0 Å². The van der Waals surface area contributed by atoms with Crippen molar-refractivity contribution in [2.75, 3.05) is 27.4 Å². The van der Waals surface area contributed by atoms with Crippen LogP contribution in [0.3, 0.4) is 0 Å². The maximum Gasteiger partial charge on any atom is 0.410 e. The van der Waals surface area contributed by atoms with E-state index in [1.807, 2.05) is 6.92 Å². The molecular formula is C11H21NO4. The summed E-state index contributed by atoms with van der Waals surface area (Å²) in [7, 11) is 3.06. The molecule has 0 aliphatic carbocycles. The lowest BCUT2D eigenvalue weighted by Gasteiger charge is -2.31. The lowest BCUT2D eigenvalue weighted by Crippen LogP contribution is -2.47. The van der Waals surface area contributed by atoms with E-state index in [4.69, 9.17) is 14.2 Å². The van der Waals surface area contributed by atoms with Gasteiger partial charge < -0.3 is 14.2 Å². The minimum atomic E-state index is -0.482. The molecular weight excluding hydrogens is 210 g/mol. The maximum absolute atomic E-state index is 11.7. The van der Waals surface area contributed by atoms with Crippen LogP contribution in [0.4, 0.5) is 4.79 Å². The third kappa shape index (κ3) is 4.20. The van der Waals surface area contributed by atoms with Gasteiger partial charge in [-0.3, -0.25) is 4.90 Å². The van der Waals surface area contributed by atoms with Crippen LogP contribution in [0.2, 0.25) is 0 Å². The van der Waals surface area contributed by atoms with Crippen molar-refractivity contribution in [2.24, 2.45) is 0 Å². The summed E-state index contributed by atoms with van der Waals surface area (Å²) < 4.78 is 15.2. The van der Waals surface area contributed by atoms with Gasteiger partial charge in [-0.15, -0.1) is 6.58 Å². The normalized spacial score (nSPS) is 12.3. The molecule has 0 aromatic carbocycles. The van der Waals surface area contributed by atoms with Crippen LogP contribution < -0.4 is 0 Å². The van der Waals surface area contributed by atoms with Crippen molar-refractivity contribution in [3.63, 3.8) is 0 Å². The molecule has 0 saturated carbocycles. The van der Waals surface area contributed by atoms with E-state index in [2.05, 4.69) is 6.58 Å². The second-order valence-corrected chi connectivity index (χ2v) is 3.22. The topological polar surface area (TPSA) is 48.0 Å². The van der Waals surface area contributed by atoms with E-state index >= 15 is 0 Å². The van der Waals surface area contributed by atoms with E-state index in [9.17, 15) is 4.79 Å². The molecule has 0 aliphatic heterocycles. The number of nitrogens with zero attached hydrogens (tertiary/aromatic N) is 1. The molecule has 1 amide bonds. The molecule has 0 spiro atoms. The smallest absolute Gasteiger partial charge is 0.410 e. The monoisotopic (exact) mass is 231 g/mol. The van der Waals surface area contributed by atoms with Crippen LogP contribution in [0.5, 0.6) is 0 Å². The van der Waals surface area contributed by atoms with Crippen molar-refractivity contribution in [2.45, 2.75) is 26.2 Å². The molecule has 0 heterocycles. The Morgan fingerprint density at radius 1 is 1.44 bits per heavy atom. The fraction of sp³-hybridized carbons (Fsp3) is 0.727. The van der Waals surface area contributed by atoms with E-state index in [1.165, 1.54) is 19.1 Å². The lowest BCUT2D eigenvalue weighted by atomic mass is 10.3. The Bertz CT molecular complexity index is 216. The van der Waals surface area contributed by atoms with Crippen molar-refractivity contribution >= 4 is 6.09 Å². The summed E-state index contributed by atoms with van der Waals surface area (Å²) in [6.45, 7) is 7.93. The third-order valence-electron chi connectivity index (χ3n) is 2.18. The van der Waals surface area contributed by atoms with Gasteiger partial charge in [0.15, 0.2) is 6.29 Å². The highest BCUT2D eigenvalue weighted by Gasteiger charge is 2.27. The van der Waals surface area contributed by atoms with E-state index < -0.39 is 12.4 Å². The van der Waals surface area contributed by atoms with Crippen molar-refractivity contribution in [1.29, 1.82) is 0 Å². The van der Waals surface area contributed by atoms with Gasteiger partial charge in [0.25, 0.3) is 0 Å². The average Bonchev–Trinajstić information content (AvgIpc) is 2.27. The molecule has 0 saturated heterocycles. The maximum atomic E-state index is 11.7. The summed E-state index contributed by atoms with van der Waals surface area (Å²) in [5.74, 6) is 0. The Hall–Kier alpha value is -1.07. The SMILES string of the molecule is C=CCN(C(=O)OCC)C(C)C(OC)OC. The number of hydrogen-bond acceptors (Lipinski definition) is 4. The zero-order chi connectivity index (χ0) is 12.6. The highest BCUT2D eigenvalue weighted by atomic mass is 16.7. The predicted octanol–water partition coefficient (Wildman–Crippen LogP) is 1.64. The second kappa shape index (κ2) is 8.13. The van der Waals surface area contributed by atoms with Gasteiger partial charge in [-0.25, -0.2) is 4.79 Å². The largest absolute Gasteiger partial charge is 0.450 e. The summed E-state index contributed by atoms with van der Waals surface area (Å²) in [5, 5.41) is 0. The Morgan fingerprint density at radius 3 is 2.38 bits per heavy atom. The van der Waals surface area contributed by atoms with Gasteiger partial charge in [0, 0.05) is 20.8 Å². The van der Waals surface area contributed by atoms with Crippen molar-refractivity contribution in [3.05, 3.63) is 12.7 Å². The highest BCUT2D eigenvalue weighted by molar-refractivity contribution is 5.68. The number of hydrogen-bond donors (Lipinski definition) is 0. The molecule has 0 fully saturated rings. The fourth-order valence-electron chi connectivity index (χ4n) is 1.39. The summed E-state index contributed by atoms with van der Waals surface area (Å²) in [6.07, 6.45) is 0.758. The molecule has 0 bridgehead atoms. The summed E-state index contributed by atoms with van der Waals surface area (Å²) in [6, 6.07) is -0.243. The summed E-state index contributed by atoms with van der Waals surface area (Å²) >= 11 is 0. The summed E-state index contributed by atoms with van der Waals surface area (Å²) in [4.78, 5) is 13.2. The first-order valence-electron chi connectivity index (χ1n) is 5.22. The fourth-order valence-corrected chi connectivity index (χ4v) is 1.39. The average molecular weight is 231 g/mol. The Kier molecular flexibility index (Phi) is 7.58. The number of amides is 1. The minimum absolute atomic E-state index is 0.243. The zero-order valence-electron chi connectivity index (χ0n) is 10.4. The van der Waals surface area contributed by atoms with Crippen molar-refractivity contribution < 1.29 is 19.0 Å². The van der Waals surface area contributed by atoms with Gasteiger partial charge in [-0.05, 0) is 13.8 Å². The molecule has 0 rings (SSSR count). The van der Waals surface area contributed by atoms with Crippen LogP contribution >= 0.6 is 0 Å². The Labute approximate surface area is 97.0 Å². The molecule has 5 heteroatoms. The van der Waals surface area contributed by atoms with Crippen LogP contribution in [-0.2, 0) is 14.2 Å². The lowest BCUT2D eigenvalue weighted by molar-refractivity contribution is -0.137. The number of carbonyl (C=O) groups is 1. The molecule has 16 heavy (non-hydrogen) atoms. The van der Waals surface area contributed by atoms with E-state index in [0.29, 0.717) is 13.2 Å². The first-order chi connectivity index (χ1) is 7.62. The first-order valence-corrected chi connectivity index (χ1v) is 5.22. The Morgan fingerprint density at radius 2 is 2.00 bits per heavy atom. The first kappa shape index (κ1) is 14.9. The molecule has 0 radical (unpaired) electrons. The quantitative estimate of drug-likeness (QED) is 0.493. The number of ether oxygens (including phenoxy) is 3. The Balaban J connectivity index is 4.61. The number of rotatable bonds is 7. The summed E-state index contributed by atoms with van der Waals surface area (Å²) in [5.41, 5.74) is 0. The van der Waals surface area contributed by atoms with Crippen molar-refractivity contribution in [3.8, 4) is 0 Å². The van der Waals surface area contributed by atoms with Crippen LogP contribution in [0.1, 0.15) is 13.8 Å². The van der Waals surface area contributed by atoms with E-state index in [0.717, 1.165) is 0 Å². The standard InChI is InChI=1S/C11H21NO4/c1-6-8-12(11(13)16-7-2)9(3)10(14-4)15-5/h6,9-10H,1,7-8H2,2-5H3. The molecule has 0 aromatic heterocycles. The van der Waals surface area contributed by atoms with Gasteiger partial charge in [0.2, 0.25) is 0 Å². The van der Waals surface area contributed by atoms with Crippen molar-refractivity contribution in [1.82, 2.24) is 4.90 Å². The third-order valence-corrected chi connectivity index (χ3v) is 2.18. The van der Waals surface area contributed by atoms with Crippen LogP contribution in [0.15, 0.2) is 12.7 Å². The van der Waals surface area contributed by atoms with Gasteiger partial charge in [0.05, 0.1) is 12.6 Å². The zero-order valence-corrected chi connectivity index (χ0v) is 10.4. The molecule has 1 atom stereocenters. The van der Waals surface area contributed by atoms with Gasteiger partial charge in [-0.2, -0.15) is 0 Å². The number of methoxy groups -OCH3 is 2. The van der Waals surface area contributed by atoms with Crippen LogP contribution in [-0.4, -0.2) is 50.7 Å². The van der Waals surface area contributed by atoms with Crippen LogP contribution in [0.25, 0.3) is 0 Å². The predicted molar refractivity (Wildman–Crippen MR) is 61.2 cm³/mol. The van der Waals surface area contributed by atoms with Crippen LogP contribution in [0, 0.1) is 0 Å².